The highest BCUT2D eigenvalue weighted by atomic mass is 35.5. The lowest BCUT2D eigenvalue weighted by atomic mass is 10.0. The summed E-state index contributed by atoms with van der Waals surface area (Å²) < 4.78 is 0. The van der Waals surface area contributed by atoms with Crippen molar-refractivity contribution in [3.8, 4) is 0 Å². The number of hydrogen-bond donors (Lipinski definition) is 0. The van der Waals surface area contributed by atoms with Gasteiger partial charge in [-0.3, -0.25) is 9.78 Å². The van der Waals surface area contributed by atoms with E-state index in [1.165, 1.54) is 0 Å². The third kappa shape index (κ3) is 2.96. The molecule has 0 spiro atoms. The number of pyridine rings is 1. The summed E-state index contributed by atoms with van der Waals surface area (Å²) in [5, 5.41) is 0.635. The number of carbonyl (C=O) groups excluding carboxylic acids is 1. The minimum Gasteiger partial charge on any atom is -0.292 e. The van der Waals surface area contributed by atoms with Crippen LogP contribution in [0.4, 0.5) is 0 Å². The van der Waals surface area contributed by atoms with E-state index in [1.807, 2.05) is 38.1 Å². The third-order valence-corrected chi connectivity index (χ3v) is 3.11. The maximum absolute atomic E-state index is 12.1. The Morgan fingerprint density at radius 3 is 2.56 bits per heavy atom. The molecule has 92 valence electrons. The Balaban J connectivity index is 2.21. The number of carbonyl (C=O) groups is 1. The standard InChI is InChI=1S/C15H14ClNO/c1-10-3-4-12(13(16)7-10)9-15(18)14-8-11(2)5-6-17-14/h3-8H,9H2,1-2H3. The van der Waals surface area contributed by atoms with Gasteiger partial charge in [-0.1, -0.05) is 23.7 Å². The molecule has 0 atom stereocenters. The molecule has 18 heavy (non-hydrogen) atoms. The number of halogens is 1. The van der Waals surface area contributed by atoms with Crippen LogP contribution >= 0.6 is 11.6 Å². The SMILES string of the molecule is Cc1ccnc(C(=O)Cc2ccc(C)cc2Cl)c1. The average Bonchev–Trinajstić information content (AvgIpc) is 2.32. The first-order valence-corrected chi connectivity index (χ1v) is 6.15. The van der Waals surface area contributed by atoms with E-state index in [9.17, 15) is 4.79 Å². The topological polar surface area (TPSA) is 30.0 Å². The number of ketones is 1. The van der Waals surface area contributed by atoms with Crippen LogP contribution in [0.2, 0.25) is 5.02 Å². The monoisotopic (exact) mass is 259 g/mol. The lowest BCUT2D eigenvalue weighted by Gasteiger charge is -2.05. The minimum atomic E-state index is -0.00977. The zero-order valence-electron chi connectivity index (χ0n) is 10.4. The van der Waals surface area contributed by atoms with Gasteiger partial charge in [-0.15, -0.1) is 0 Å². The Hall–Kier alpha value is -1.67. The van der Waals surface area contributed by atoms with Crippen LogP contribution in [-0.4, -0.2) is 10.8 Å². The predicted molar refractivity (Wildman–Crippen MR) is 73.2 cm³/mol. The Morgan fingerprint density at radius 2 is 1.89 bits per heavy atom. The maximum Gasteiger partial charge on any atom is 0.185 e. The summed E-state index contributed by atoms with van der Waals surface area (Å²) in [5.74, 6) is -0.00977. The fraction of sp³-hybridized carbons (Fsp3) is 0.200. The molecule has 0 aliphatic carbocycles. The number of aromatic nitrogens is 1. The first-order valence-electron chi connectivity index (χ1n) is 5.77. The largest absolute Gasteiger partial charge is 0.292 e. The highest BCUT2D eigenvalue weighted by Gasteiger charge is 2.11. The Morgan fingerprint density at radius 1 is 1.17 bits per heavy atom. The van der Waals surface area contributed by atoms with Crippen LogP contribution in [0.15, 0.2) is 36.5 Å². The lowest BCUT2D eigenvalue weighted by molar-refractivity contribution is 0.0988. The van der Waals surface area contributed by atoms with E-state index in [0.29, 0.717) is 10.7 Å². The second-order valence-electron chi connectivity index (χ2n) is 4.41. The molecule has 0 aliphatic rings. The summed E-state index contributed by atoms with van der Waals surface area (Å²) >= 11 is 6.12. The molecule has 0 aliphatic heterocycles. The van der Waals surface area contributed by atoms with E-state index in [1.54, 1.807) is 12.3 Å². The van der Waals surface area contributed by atoms with Crippen LogP contribution in [0, 0.1) is 13.8 Å². The first-order chi connectivity index (χ1) is 8.56. The molecule has 1 heterocycles. The van der Waals surface area contributed by atoms with E-state index in [2.05, 4.69) is 4.98 Å². The molecule has 0 amide bonds. The summed E-state index contributed by atoms with van der Waals surface area (Å²) in [6.45, 7) is 3.91. The maximum atomic E-state index is 12.1. The van der Waals surface area contributed by atoms with Gasteiger partial charge in [0.15, 0.2) is 5.78 Å². The summed E-state index contributed by atoms with van der Waals surface area (Å²) in [5.41, 5.74) is 3.45. The zero-order valence-corrected chi connectivity index (χ0v) is 11.2. The van der Waals surface area contributed by atoms with Crippen LogP contribution in [0.5, 0.6) is 0 Å². The number of nitrogens with zero attached hydrogens (tertiary/aromatic N) is 1. The number of rotatable bonds is 3. The molecule has 0 bridgehead atoms. The van der Waals surface area contributed by atoms with Crippen LogP contribution in [0.25, 0.3) is 0 Å². The van der Waals surface area contributed by atoms with Gasteiger partial charge in [0.25, 0.3) is 0 Å². The minimum absolute atomic E-state index is 0.00977. The van der Waals surface area contributed by atoms with Crippen molar-refractivity contribution in [3.05, 3.63) is 63.9 Å². The van der Waals surface area contributed by atoms with Crippen molar-refractivity contribution in [2.75, 3.05) is 0 Å². The highest BCUT2D eigenvalue weighted by Crippen LogP contribution is 2.19. The van der Waals surface area contributed by atoms with Gasteiger partial charge in [0, 0.05) is 17.6 Å². The van der Waals surface area contributed by atoms with Crippen molar-refractivity contribution in [1.82, 2.24) is 4.98 Å². The summed E-state index contributed by atoms with van der Waals surface area (Å²) in [4.78, 5) is 16.2. The van der Waals surface area contributed by atoms with Gasteiger partial charge in [-0.2, -0.15) is 0 Å². The second kappa shape index (κ2) is 5.32. The first kappa shape index (κ1) is 12.8. The van der Waals surface area contributed by atoms with E-state index in [-0.39, 0.29) is 12.2 Å². The van der Waals surface area contributed by atoms with Gasteiger partial charge < -0.3 is 0 Å². The molecule has 0 N–H and O–H groups in total. The van der Waals surface area contributed by atoms with Gasteiger partial charge in [0.05, 0.1) is 0 Å². The van der Waals surface area contributed by atoms with Crippen LogP contribution in [0.1, 0.15) is 27.2 Å². The molecule has 3 heteroatoms. The fourth-order valence-corrected chi connectivity index (χ4v) is 2.05. The molecule has 2 aromatic rings. The zero-order chi connectivity index (χ0) is 13.1. The van der Waals surface area contributed by atoms with Crippen molar-refractivity contribution in [2.45, 2.75) is 20.3 Å². The van der Waals surface area contributed by atoms with E-state index < -0.39 is 0 Å². The molecule has 2 nitrogen and oxygen atoms in total. The molecule has 1 aromatic carbocycles. The van der Waals surface area contributed by atoms with E-state index >= 15 is 0 Å². The molecule has 0 saturated heterocycles. The number of hydrogen-bond acceptors (Lipinski definition) is 2. The summed E-state index contributed by atoms with van der Waals surface area (Å²) in [7, 11) is 0. The van der Waals surface area contributed by atoms with Gasteiger partial charge in [0.1, 0.15) is 5.69 Å². The van der Waals surface area contributed by atoms with Crippen LogP contribution < -0.4 is 0 Å². The van der Waals surface area contributed by atoms with Crippen molar-refractivity contribution >= 4 is 17.4 Å². The quantitative estimate of drug-likeness (QED) is 0.786. The van der Waals surface area contributed by atoms with Crippen molar-refractivity contribution in [3.63, 3.8) is 0 Å². The smallest absolute Gasteiger partial charge is 0.185 e. The number of aryl methyl sites for hydroxylation is 2. The Bertz CT molecular complexity index is 593. The van der Waals surface area contributed by atoms with Crippen LogP contribution in [0.3, 0.4) is 0 Å². The molecular weight excluding hydrogens is 246 g/mol. The molecule has 2 rings (SSSR count). The molecular formula is C15H14ClNO. The summed E-state index contributed by atoms with van der Waals surface area (Å²) in [6.07, 6.45) is 1.94. The molecule has 0 radical (unpaired) electrons. The third-order valence-electron chi connectivity index (χ3n) is 2.76. The van der Waals surface area contributed by atoms with Gasteiger partial charge in [-0.05, 0) is 48.7 Å². The molecule has 0 fully saturated rings. The number of Topliss-reactive ketones (excluding diaryl/α,β-unsaturated/α-hetero) is 1. The van der Waals surface area contributed by atoms with E-state index in [4.69, 9.17) is 11.6 Å². The fourth-order valence-electron chi connectivity index (χ4n) is 1.75. The normalized spacial score (nSPS) is 10.4. The van der Waals surface area contributed by atoms with Gasteiger partial charge in [-0.25, -0.2) is 0 Å². The van der Waals surface area contributed by atoms with Crippen LogP contribution in [-0.2, 0) is 6.42 Å². The number of benzene rings is 1. The van der Waals surface area contributed by atoms with Gasteiger partial charge >= 0.3 is 0 Å². The molecule has 0 unspecified atom stereocenters. The van der Waals surface area contributed by atoms with Crippen molar-refractivity contribution < 1.29 is 4.79 Å². The average molecular weight is 260 g/mol. The van der Waals surface area contributed by atoms with Gasteiger partial charge in [0.2, 0.25) is 0 Å². The second-order valence-corrected chi connectivity index (χ2v) is 4.82. The lowest BCUT2D eigenvalue weighted by Crippen LogP contribution is -2.06. The van der Waals surface area contributed by atoms with Crippen molar-refractivity contribution in [1.29, 1.82) is 0 Å². The van der Waals surface area contributed by atoms with Crippen molar-refractivity contribution in [2.24, 2.45) is 0 Å². The predicted octanol–water partition coefficient (Wildman–Crippen LogP) is 3.78. The molecule has 0 saturated carbocycles. The Kier molecular flexibility index (Phi) is 3.78. The Labute approximate surface area is 112 Å². The van der Waals surface area contributed by atoms with E-state index in [0.717, 1.165) is 16.7 Å². The highest BCUT2D eigenvalue weighted by molar-refractivity contribution is 6.31. The molecule has 1 aromatic heterocycles. The summed E-state index contributed by atoms with van der Waals surface area (Å²) in [6, 6.07) is 9.39.